The van der Waals surface area contributed by atoms with Crippen molar-refractivity contribution >= 4 is 49.8 Å². The molecule has 3 aromatic rings. The number of hydrogen-bond acceptors (Lipinski definition) is 5. The van der Waals surface area contributed by atoms with E-state index in [1.807, 2.05) is 30.3 Å². The molecule has 22 heavy (non-hydrogen) atoms. The molecule has 3 rings (SSSR count). The lowest BCUT2D eigenvalue weighted by Crippen LogP contribution is -1.91. The molecule has 0 saturated heterocycles. The van der Waals surface area contributed by atoms with Gasteiger partial charge in [-0.1, -0.05) is 69.4 Å². The van der Waals surface area contributed by atoms with Crippen molar-refractivity contribution < 1.29 is 0 Å². The topological polar surface area (TPSA) is 37.8 Å². The van der Waals surface area contributed by atoms with E-state index in [0.717, 1.165) is 25.4 Å². The number of anilines is 2. The number of thioether (sulfide) groups is 1. The van der Waals surface area contributed by atoms with Crippen molar-refractivity contribution in [1.82, 2.24) is 10.2 Å². The molecule has 3 nitrogen and oxygen atoms in total. The molecule has 0 fully saturated rings. The van der Waals surface area contributed by atoms with E-state index in [1.54, 1.807) is 23.1 Å². The monoisotopic (exact) mass is 391 g/mol. The van der Waals surface area contributed by atoms with Gasteiger partial charge in [-0.3, -0.25) is 0 Å². The molecule has 0 amide bonds. The van der Waals surface area contributed by atoms with Gasteiger partial charge in [0.15, 0.2) is 4.34 Å². The fourth-order valence-corrected chi connectivity index (χ4v) is 4.07. The average Bonchev–Trinajstić information content (AvgIpc) is 2.95. The number of nitrogens with zero attached hydrogens (tertiary/aromatic N) is 2. The van der Waals surface area contributed by atoms with Gasteiger partial charge < -0.3 is 5.32 Å². The van der Waals surface area contributed by atoms with Gasteiger partial charge in [-0.25, -0.2) is 0 Å². The van der Waals surface area contributed by atoms with E-state index in [1.165, 1.54) is 11.1 Å². The second-order valence-corrected chi connectivity index (χ2v) is 7.85. The van der Waals surface area contributed by atoms with Crippen LogP contribution in [0.3, 0.4) is 0 Å². The minimum absolute atomic E-state index is 0.825. The number of rotatable bonds is 5. The van der Waals surface area contributed by atoms with Gasteiger partial charge in [0.05, 0.1) is 0 Å². The van der Waals surface area contributed by atoms with Crippen molar-refractivity contribution in [2.75, 3.05) is 5.32 Å². The summed E-state index contributed by atoms with van der Waals surface area (Å²) < 4.78 is 2.07. The van der Waals surface area contributed by atoms with Crippen LogP contribution >= 0.6 is 39.0 Å². The Balaban J connectivity index is 1.63. The molecule has 0 aliphatic heterocycles. The van der Waals surface area contributed by atoms with E-state index in [-0.39, 0.29) is 0 Å². The summed E-state index contributed by atoms with van der Waals surface area (Å²) in [5.41, 5.74) is 3.53. The zero-order chi connectivity index (χ0) is 15.4. The predicted octanol–water partition coefficient (Wildman–Crippen LogP) is 5.64. The Morgan fingerprint density at radius 3 is 2.82 bits per heavy atom. The summed E-state index contributed by atoms with van der Waals surface area (Å²) >= 11 is 6.77. The SMILES string of the molecule is Cc1ccccc1Nc1nnc(SCc2cccc(Br)c2)s1. The van der Waals surface area contributed by atoms with Crippen LogP contribution < -0.4 is 5.32 Å². The van der Waals surface area contributed by atoms with Crippen LogP contribution in [-0.2, 0) is 5.75 Å². The third kappa shape index (κ3) is 4.09. The van der Waals surface area contributed by atoms with Crippen molar-refractivity contribution in [3.63, 3.8) is 0 Å². The Kier molecular flexibility index (Phi) is 5.12. The summed E-state index contributed by atoms with van der Waals surface area (Å²) in [5.74, 6) is 0.887. The maximum Gasteiger partial charge on any atom is 0.210 e. The van der Waals surface area contributed by atoms with E-state index in [4.69, 9.17) is 0 Å². The molecule has 6 heteroatoms. The van der Waals surface area contributed by atoms with Crippen LogP contribution in [0.2, 0.25) is 0 Å². The second-order valence-electron chi connectivity index (χ2n) is 4.73. The predicted molar refractivity (Wildman–Crippen MR) is 98.1 cm³/mol. The highest BCUT2D eigenvalue weighted by molar-refractivity contribution is 9.10. The summed E-state index contributed by atoms with van der Waals surface area (Å²) in [6, 6.07) is 16.5. The van der Waals surface area contributed by atoms with Crippen LogP contribution in [-0.4, -0.2) is 10.2 Å². The highest BCUT2D eigenvalue weighted by Crippen LogP contribution is 2.30. The standard InChI is InChI=1S/C16H14BrN3S2/c1-11-5-2-3-8-14(11)18-15-19-20-16(22-15)21-10-12-6-4-7-13(17)9-12/h2-9H,10H2,1H3,(H,18,19). The van der Waals surface area contributed by atoms with Crippen molar-refractivity contribution in [3.8, 4) is 0 Å². The first-order chi connectivity index (χ1) is 10.7. The summed E-state index contributed by atoms with van der Waals surface area (Å²) in [4.78, 5) is 0. The highest BCUT2D eigenvalue weighted by Gasteiger charge is 2.06. The normalized spacial score (nSPS) is 10.6. The second kappa shape index (κ2) is 7.26. The third-order valence-corrected chi connectivity index (χ3v) is 5.58. The zero-order valence-corrected chi connectivity index (χ0v) is 15.1. The van der Waals surface area contributed by atoms with Crippen molar-refractivity contribution in [1.29, 1.82) is 0 Å². The highest BCUT2D eigenvalue weighted by atomic mass is 79.9. The molecule has 0 spiro atoms. The molecule has 0 aliphatic rings. The summed E-state index contributed by atoms with van der Waals surface area (Å²) in [6.45, 7) is 2.08. The number of para-hydroxylation sites is 1. The van der Waals surface area contributed by atoms with Gasteiger partial charge in [0.1, 0.15) is 0 Å². The molecule has 0 atom stereocenters. The molecule has 1 N–H and O–H groups in total. The van der Waals surface area contributed by atoms with Gasteiger partial charge in [-0.05, 0) is 36.2 Å². The average molecular weight is 392 g/mol. The van der Waals surface area contributed by atoms with Gasteiger partial charge in [-0.15, -0.1) is 10.2 Å². The number of halogens is 1. The molecule has 2 aromatic carbocycles. The quantitative estimate of drug-likeness (QED) is 0.570. The molecular weight excluding hydrogens is 378 g/mol. The first-order valence-corrected chi connectivity index (χ1v) is 9.33. The van der Waals surface area contributed by atoms with Crippen molar-refractivity contribution in [2.24, 2.45) is 0 Å². The van der Waals surface area contributed by atoms with Gasteiger partial charge >= 0.3 is 0 Å². The molecule has 0 bridgehead atoms. The Labute approximate surface area is 146 Å². The summed E-state index contributed by atoms with van der Waals surface area (Å²) in [6.07, 6.45) is 0. The van der Waals surface area contributed by atoms with Gasteiger partial charge in [0, 0.05) is 15.9 Å². The third-order valence-electron chi connectivity index (χ3n) is 3.04. The van der Waals surface area contributed by atoms with Crippen LogP contribution in [0.5, 0.6) is 0 Å². The maximum absolute atomic E-state index is 4.24. The van der Waals surface area contributed by atoms with Crippen molar-refractivity contribution in [2.45, 2.75) is 17.0 Å². The lowest BCUT2D eigenvalue weighted by Gasteiger charge is -2.04. The summed E-state index contributed by atoms with van der Waals surface area (Å²) in [7, 11) is 0. The minimum atomic E-state index is 0.825. The van der Waals surface area contributed by atoms with Crippen LogP contribution in [0.25, 0.3) is 0 Å². The van der Waals surface area contributed by atoms with E-state index < -0.39 is 0 Å². The lowest BCUT2D eigenvalue weighted by molar-refractivity contribution is 1.01. The molecule has 1 heterocycles. The fourth-order valence-electron chi connectivity index (χ4n) is 1.92. The molecular formula is C16H14BrN3S2. The Morgan fingerprint density at radius 2 is 2.00 bits per heavy atom. The molecule has 0 unspecified atom stereocenters. The van der Waals surface area contributed by atoms with Crippen LogP contribution in [0.15, 0.2) is 57.3 Å². The smallest absolute Gasteiger partial charge is 0.210 e. The first kappa shape index (κ1) is 15.5. The molecule has 0 saturated carbocycles. The van der Waals surface area contributed by atoms with Gasteiger partial charge in [0.25, 0.3) is 0 Å². The Hall–Kier alpha value is -1.37. The van der Waals surface area contributed by atoms with E-state index >= 15 is 0 Å². The van der Waals surface area contributed by atoms with Gasteiger partial charge in [0.2, 0.25) is 5.13 Å². The Morgan fingerprint density at radius 1 is 1.14 bits per heavy atom. The maximum atomic E-state index is 4.24. The van der Waals surface area contributed by atoms with E-state index in [0.29, 0.717) is 0 Å². The minimum Gasteiger partial charge on any atom is -0.330 e. The van der Waals surface area contributed by atoms with E-state index in [2.05, 4.69) is 56.6 Å². The van der Waals surface area contributed by atoms with Crippen LogP contribution in [0.4, 0.5) is 10.8 Å². The Bertz CT molecular complexity index is 773. The lowest BCUT2D eigenvalue weighted by atomic mass is 10.2. The molecule has 1 aromatic heterocycles. The number of benzene rings is 2. The fraction of sp³-hybridized carbons (Fsp3) is 0.125. The summed E-state index contributed by atoms with van der Waals surface area (Å²) in [5, 5.41) is 12.6. The molecule has 0 aliphatic carbocycles. The zero-order valence-electron chi connectivity index (χ0n) is 11.9. The number of aryl methyl sites for hydroxylation is 1. The number of hydrogen-bond donors (Lipinski definition) is 1. The molecule has 0 radical (unpaired) electrons. The largest absolute Gasteiger partial charge is 0.330 e. The van der Waals surface area contributed by atoms with E-state index in [9.17, 15) is 0 Å². The van der Waals surface area contributed by atoms with Crippen LogP contribution in [0, 0.1) is 6.92 Å². The number of nitrogens with one attached hydrogen (secondary N) is 1. The number of aromatic nitrogens is 2. The molecule has 112 valence electrons. The van der Waals surface area contributed by atoms with Crippen LogP contribution in [0.1, 0.15) is 11.1 Å². The van der Waals surface area contributed by atoms with Crippen molar-refractivity contribution in [3.05, 3.63) is 64.1 Å². The van der Waals surface area contributed by atoms with Gasteiger partial charge in [-0.2, -0.15) is 0 Å². The first-order valence-electron chi connectivity index (χ1n) is 6.74.